The largest absolute Gasteiger partial charge is 0.496 e. The van der Waals surface area contributed by atoms with E-state index in [2.05, 4.69) is 10.0 Å². The molecular formula is C18H26N2O4S. The molecule has 138 valence electrons. The van der Waals surface area contributed by atoms with E-state index in [9.17, 15) is 13.2 Å². The number of fused-ring (bicyclic) bond motifs is 2. The van der Waals surface area contributed by atoms with Gasteiger partial charge in [-0.25, -0.2) is 13.1 Å². The van der Waals surface area contributed by atoms with Gasteiger partial charge in [-0.2, -0.15) is 0 Å². The van der Waals surface area contributed by atoms with Crippen molar-refractivity contribution in [3.63, 3.8) is 0 Å². The van der Waals surface area contributed by atoms with Crippen LogP contribution in [0.15, 0.2) is 23.1 Å². The van der Waals surface area contributed by atoms with Crippen molar-refractivity contribution >= 4 is 15.9 Å². The van der Waals surface area contributed by atoms with E-state index in [0.29, 0.717) is 17.6 Å². The number of amides is 1. The minimum absolute atomic E-state index is 0.0128. The Hall–Kier alpha value is -1.60. The standard InChI is InChI=1S/C18H26N2O4S/c1-11(2)19-18(21)15-10-14(6-7-17(15)24-3)25(22,23)20-16-9-12-4-5-13(16)8-12/h6-7,10-13,16,20H,4-5,8-9H2,1-3H3,(H,19,21)/t12-,13+,16+/m0/s1. The predicted molar refractivity (Wildman–Crippen MR) is 95.2 cm³/mol. The number of hydrogen-bond donors (Lipinski definition) is 2. The molecule has 0 aromatic heterocycles. The highest BCUT2D eigenvalue weighted by Gasteiger charge is 2.41. The van der Waals surface area contributed by atoms with Crippen molar-refractivity contribution in [2.24, 2.45) is 11.8 Å². The molecule has 2 bridgehead atoms. The summed E-state index contributed by atoms with van der Waals surface area (Å²) in [5, 5.41) is 2.77. The highest BCUT2D eigenvalue weighted by atomic mass is 32.2. The number of nitrogens with one attached hydrogen (secondary N) is 2. The lowest BCUT2D eigenvalue weighted by molar-refractivity contribution is 0.0940. The molecule has 25 heavy (non-hydrogen) atoms. The van der Waals surface area contributed by atoms with Crippen LogP contribution >= 0.6 is 0 Å². The molecular weight excluding hydrogens is 340 g/mol. The molecule has 0 aliphatic heterocycles. The summed E-state index contributed by atoms with van der Waals surface area (Å²) in [7, 11) is -2.20. The maximum Gasteiger partial charge on any atom is 0.255 e. The lowest BCUT2D eigenvalue weighted by atomic mass is 9.96. The van der Waals surface area contributed by atoms with Crippen molar-refractivity contribution in [2.45, 2.75) is 56.5 Å². The zero-order valence-electron chi connectivity index (χ0n) is 14.9. The quantitative estimate of drug-likeness (QED) is 0.809. The van der Waals surface area contributed by atoms with Crippen LogP contribution in [0, 0.1) is 11.8 Å². The van der Waals surface area contributed by atoms with Gasteiger partial charge in [0.1, 0.15) is 5.75 Å². The third-order valence-electron chi connectivity index (χ3n) is 5.19. The SMILES string of the molecule is COc1ccc(S(=O)(=O)N[C@@H]2C[C@H]3CC[C@@H]2C3)cc1C(=O)NC(C)C. The molecule has 0 radical (unpaired) electrons. The second-order valence-corrected chi connectivity index (χ2v) is 9.11. The molecule has 0 spiro atoms. The van der Waals surface area contributed by atoms with E-state index in [1.165, 1.54) is 31.7 Å². The first-order valence-corrected chi connectivity index (χ1v) is 10.3. The number of carbonyl (C=O) groups is 1. The Morgan fingerprint density at radius 1 is 1.24 bits per heavy atom. The lowest BCUT2D eigenvalue weighted by Gasteiger charge is -2.23. The summed E-state index contributed by atoms with van der Waals surface area (Å²) in [6, 6.07) is 4.38. The molecule has 0 unspecified atom stereocenters. The van der Waals surface area contributed by atoms with Crippen molar-refractivity contribution in [1.82, 2.24) is 10.0 Å². The molecule has 2 fully saturated rings. The van der Waals surface area contributed by atoms with E-state index < -0.39 is 10.0 Å². The molecule has 6 nitrogen and oxygen atoms in total. The predicted octanol–water partition coefficient (Wildman–Crippen LogP) is 2.30. The van der Waals surface area contributed by atoms with Crippen LogP contribution in [0.2, 0.25) is 0 Å². The minimum atomic E-state index is -3.66. The fourth-order valence-electron chi connectivity index (χ4n) is 4.03. The van der Waals surface area contributed by atoms with Gasteiger partial charge >= 0.3 is 0 Å². The van der Waals surface area contributed by atoms with Crippen molar-refractivity contribution in [3.8, 4) is 5.75 Å². The van der Waals surface area contributed by atoms with Gasteiger partial charge < -0.3 is 10.1 Å². The van der Waals surface area contributed by atoms with E-state index in [0.717, 1.165) is 19.3 Å². The normalized spacial score (nSPS) is 25.4. The highest BCUT2D eigenvalue weighted by Crippen LogP contribution is 2.44. The summed E-state index contributed by atoms with van der Waals surface area (Å²) in [6.07, 6.45) is 4.35. The van der Waals surface area contributed by atoms with Gasteiger partial charge in [-0.3, -0.25) is 4.79 Å². The van der Waals surface area contributed by atoms with E-state index in [4.69, 9.17) is 4.74 Å². The lowest BCUT2D eigenvalue weighted by Crippen LogP contribution is -2.38. The summed E-state index contributed by atoms with van der Waals surface area (Å²) in [5.41, 5.74) is 0.229. The Bertz CT molecular complexity index is 760. The van der Waals surface area contributed by atoms with Crippen LogP contribution in [0.4, 0.5) is 0 Å². The number of methoxy groups -OCH3 is 1. The number of hydrogen-bond acceptors (Lipinski definition) is 4. The van der Waals surface area contributed by atoms with Crippen LogP contribution in [0.25, 0.3) is 0 Å². The average Bonchev–Trinajstić information content (AvgIpc) is 3.15. The van der Waals surface area contributed by atoms with Gasteiger partial charge in [0.05, 0.1) is 17.6 Å². The number of rotatable bonds is 6. The second kappa shape index (κ2) is 6.96. The van der Waals surface area contributed by atoms with E-state index in [1.54, 1.807) is 0 Å². The highest BCUT2D eigenvalue weighted by molar-refractivity contribution is 7.89. The second-order valence-electron chi connectivity index (χ2n) is 7.39. The minimum Gasteiger partial charge on any atom is -0.496 e. The number of sulfonamides is 1. The third kappa shape index (κ3) is 3.82. The number of ether oxygens (including phenoxy) is 1. The summed E-state index contributed by atoms with van der Waals surface area (Å²) >= 11 is 0. The van der Waals surface area contributed by atoms with Crippen LogP contribution < -0.4 is 14.8 Å². The summed E-state index contributed by atoms with van der Waals surface area (Å²) in [4.78, 5) is 12.5. The molecule has 3 rings (SSSR count). The van der Waals surface area contributed by atoms with Gasteiger partial charge in [-0.1, -0.05) is 6.42 Å². The fraction of sp³-hybridized carbons (Fsp3) is 0.611. The summed E-state index contributed by atoms with van der Waals surface area (Å²) in [5.74, 6) is 1.11. The van der Waals surface area contributed by atoms with Gasteiger partial charge in [0.25, 0.3) is 5.91 Å². The first-order chi connectivity index (χ1) is 11.8. The van der Waals surface area contributed by atoms with Gasteiger partial charge in [-0.15, -0.1) is 0 Å². The van der Waals surface area contributed by atoms with Gasteiger partial charge in [0.2, 0.25) is 10.0 Å². The molecule has 1 aromatic rings. The van der Waals surface area contributed by atoms with Crippen LogP contribution in [-0.2, 0) is 10.0 Å². The van der Waals surface area contributed by atoms with E-state index in [-0.39, 0.29) is 28.4 Å². The van der Waals surface area contributed by atoms with E-state index >= 15 is 0 Å². The van der Waals surface area contributed by atoms with Crippen molar-refractivity contribution in [3.05, 3.63) is 23.8 Å². The Morgan fingerprint density at radius 2 is 2.00 bits per heavy atom. The molecule has 0 heterocycles. The van der Waals surface area contributed by atoms with Gasteiger partial charge in [0.15, 0.2) is 0 Å². The fourth-order valence-corrected chi connectivity index (χ4v) is 5.37. The maximum atomic E-state index is 12.8. The Kier molecular flexibility index (Phi) is 5.06. The molecule has 2 aliphatic rings. The van der Waals surface area contributed by atoms with E-state index in [1.807, 2.05) is 13.8 Å². The van der Waals surface area contributed by atoms with Crippen LogP contribution in [-0.4, -0.2) is 33.5 Å². The smallest absolute Gasteiger partial charge is 0.255 e. The first-order valence-electron chi connectivity index (χ1n) is 8.81. The average molecular weight is 366 g/mol. The number of carbonyl (C=O) groups excluding carboxylic acids is 1. The Morgan fingerprint density at radius 3 is 2.56 bits per heavy atom. The van der Waals surface area contributed by atoms with Crippen LogP contribution in [0.3, 0.4) is 0 Å². The first kappa shape index (κ1) is 18.2. The van der Waals surface area contributed by atoms with Crippen molar-refractivity contribution < 1.29 is 17.9 Å². The zero-order valence-corrected chi connectivity index (χ0v) is 15.7. The molecule has 7 heteroatoms. The summed E-state index contributed by atoms with van der Waals surface area (Å²) in [6.45, 7) is 3.70. The van der Waals surface area contributed by atoms with Gasteiger partial charge in [-0.05, 0) is 63.1 Å². The number of benzene rings is 1. The van der Waals surface area contributed by atoms with Crippen LogP contribution in [0.5, 0.6) is 5.75 Å². The molecule has 3 atom stereocenters. The molecule has 0 saturated heterocycles. The summed E-state index contributed by atoms with van der Waals surface area (Å²) < 4.78 is 33.6. The van der Waals surface area contributed by atoms with Gasteiger partial charge in [0, 0.05) is 12.1 Å². The molecule has 2 N–H and O–H groups in total. The topological polar surface area (TPSA) is 84.5 Å². The Balaban J connectivity index is 1.84. The van der Waals surface area contributed by atoms with Crippen molar-refractivity contribution in [2.75, 3.05) is 7.11 Å². The molecule has 1 amide bonds. The Labute approximate surface area is 149 Å². The van der Waals surface area contributed by atoms with Crippen molar-refractivity contribution in [1.29, 1.82) is 0 Å². The molecule has 1 aromatic carbocycles. The molecule has 2 aliphatic carbocycles. The third-order valence-corrected chi connectivity index (χ3v) is 6.68. The van der Waals surface area contributed by atoms with Crippen LogP contribution in [0.1, 0.15) is 49.9 Å². The monoisotopic (exact) mass is 366 g/mol. The maximum absolute atomic E-state index is 12.8. The zero-order chi connectivity index (χ0) is 18.2. The molecule has 2 saturated carbocycles.